The minimum Gasteiger partial charge on any atom is -0.310 e. The van der Waals surface area contributed by atoms with E-state index in [-0.39, 0.29) is 5.82 Å². The molecule has 0 bridgehead atoms. The highest BCUT2D eigenvalue weighted by molar-refractivity contribution is 9.10. The fourth-order valence-electron chi connectivity index (χ4n) is 2.51. The second-order valence-electron chi connectivity index (χ2n) is 5.68. The first-order chi connectivity index (χ1) is 10.1. The van der Waals surface area contributed by atoms with Gasteiger partial charge in [0, 0.05) is 23.8 Å². The Bertz CT molecular complexity index is 662. The van der Waals surface area contributed by atoms with Crippen molar-refractivity contribution < 1.29 is 4.39 Å². The average Bonchev–Trinajstić information content (AvgIpc) is 3.23. The quantitative estimate of drug-likeness (QED) is 0.889. The van der Waals surface area contributed by atoms with Crippen molar-refractivity contribution in [2.45, 2.75) is 45.8 Å². The summed E-state index contributed by atoms with van der Waals surface area (Å²) in [6.07, 6.45) is 2.56. The number of benzene rings is 1. The van der Waals surface area contributed by atoms with Gasteiger partial charge in [-0.3, -0.25) is 4.68 Å². The molecule has 1 aromatic carbocycles. The largest absolute Gasteiger partial charge is 0.310 e. The second-order valence-corrected chi connectivity index (χ2v) is 6.47. The molecule has 1 heterocycles. The maximum Gasteiger partial charge on any atom is 0.137 e. The van der Waals surface area contributed by atoms with Crippen LogP contribution in [-0.2, 0) is 13.1 Å². The number of halogens is 2. The van der Waals surface area contributed by atoms with Crippen LogP contribution in [0.15, 0.2) is 22.7 Å². The van der Waals surface area contributed by atoms with E-state index in [1.54, 1.807) is 6.07 Å². The number of nitrogens with one attached hydrogen (secondary N) is 1. The first-order valence-electron chi connectivity index (χ1n) is 7.25. The Hall–Kier alpha value is -1.20. The molecule has 5 heteroatoms. The van der Waals surface area contributed by atoms with E-state index in [1.807, 2.05) is 17.7 Å². The van der Waals surface area contributed by atoms with Crippen LogP contribution >= 0.6 is 15.9 Å². The molecule has 3 rings (SSSR count). The molecule has 0 unspecified atom stereocenters. The van der Waals surface area contributed by atoms with Crippen LogP contribution in [-0.4, -0.2) is 15.8 Å². The molecule has 21 heavy (non-hydrogen) atoms. The molecule has 0 radical (unpaired) electrons. The number of rotatable bonds is 5. The van der Waals surface area contributed by atoms with E-state index in [0.717, 1.165) is 23.5 Å². The second kappa shape index (κ2) is 5.89. The van der Waals surface area contributed by atoms with E-state index in [2.05, 4.69) is 33.3 Å². The molecule has 0 spiro atoms. The van der Waals surface area contributed by atoms with Gasteiger partial charge in [0.05, 0.1) is 16.7 Å². The summed E-state index contributed by atoms with van der Waals surface area (Å²) in [6.45, 7) is 5.56. The highest BCUT2D eigenvalue weighted by Gasteiger charge is 2.22. The Morgan fingerprint density at radius 2 is 2.14 bits per heavy atom. The molecule has 0 atom stereocenters. The van der Waals surface area contributed by atoms with Crippen LogP contribution in [0.1, 0.15) is 35.4 Å². The summed E-state index contributed by atoms with van der Waals surface area (Å²) in [5, 5.41) is 8.14. The van der Waals surface area contributed by atoms with Crippen LogP contribution in [0.4, 0.5) is 4.39 Å². The van der Waals surface area contributed by atoms with E-state index in [4.69, 9.17) is 0 Å². The number of hydrogen-bond acceptors (Lipinski definition) is 2. The molecule has 2 aromatic rings. The van der Waals surface area contributed by atoms with Gasteiger partial charge in [0.15, 0.2) is 0 Å². The monoisotopic (exact) mass is 351 g/mol. The Morgan fingerprint density at radius 3 is 2.86 bits per heavy atom. The van der Waals surface area contributed by atoms with E-state index in [9.17, 15) is 4.39 Å². The smallest absolute Gasteiger partial charge is 0.137 e. The zero-order valence-corrected chi connectivity index (χ0v) is 13.9. The van der Waals surface area contributed by atoms with Crippen LogP contribution in [0.25, 0.3) is 0 Å². The lowest BCUT2D eigenvalue weighted by atomic mass is 10.2. The molecule has 0 saturated heterocycles. The van der Waals surface area contributed by atoms with E-state index >= 15 is 0 Å². The summed E-state index contributed by atoms with van der Waals surface area (Å²) in [4.78, 5) is 0. The van der Waals surface area contributed by atoms with Crippen molar-refractivity contribution in [3.63, 3.8) is 0 Å². The molecule has 0 aliphatic heterocycles. The zero-order chi connectivity index (χ0) is 15.0. The van der Waals surface area contributed by atoms with Crippen LogP contribution in [0.5, 0.6) is 0 Å². The van der Waals surface area contributed by atoms with Gasteiger partial charge in [0.25, 0.3) is 0 Å². The summed E-state index contributed by atoms with van der Waals surface area (Å²) < 4.78 is 16.1. The molecule has 1 saturated carbocycles. The van der Waals surface area contributed by atoms with Crippen molar-refractivity contribution >= 4 is 15.9 Å². The van der Waals surface area contributed by atoms with Crippen molar-refractivity contribution in [1.29, 1.82) is 0 Å². The number of aryl methyl sites for hydroxylation is 1. The van der Waals surface area contributed by atoms with E-state index in [0.29, 0.717) is 17.1 Å². The Labute approximate surface area is 132 Å². The lowest BCUT2D eigenvalue weighted by Crippen LogP contribution is -2.16. The molecule has 1 aliphatic carbocycles. The molecule has 1 N–H and O–H groups in total. The normalized spacial score (nSPS) is 14.7. The molecule has 0 amide bonds. The van der Waals surface area contributed by atoms with Gasteiger partial charge in [0.2, 0.25) is 0 Å². The molecular formula is C16H19BrFN3. The highest BCUT2D eigenvalue weighted by atomic mass is 79.9. The fourth-order valence-corrected chi connectivity index (χ4v) is 2.90. The van der Waals surface area contributed by atoms with Crippen LogP contribution < -0.4 is 5.32 Å². The number of hydrogen-bond donors (Lipinski definition) is 1. The van der Waals surface area contributed by atoms with Gasteiger partial charge in [-0.05, 0) is 54.2 Å². The summed E-state index contributed by atoms with van der Waals surface area (Å²) in [6, 6.07) is 5.80. The highest BCUT2D eigenvalue weighted by Crippen LogP contribution is 2.24. The average molecular weight is 352 g/mol. The van der Waals surface area contributed by atoms with E-state index < -0.39 is 0 Å². The van der Waals surface area contributed by atoms with Crippen molar-refractivity contribution in [3.05, 3.63) is 51.0 Å². The minimum atomic E-state index is -0.232. The SMILES string of the molecule is Cc1nn(Cc2cccc(F)c2Br)c(C)c1CNC1CC1. The summed E-state index contributed by atoms with van der Waals surface area (Å²) in [7, 11) is 0. The first kappa shape index (κ1) is 14.7. The third kappa shape index (κ3) is 3.19. The van der Waals surface area contributed by atoms with Crippen molar-refractivity contribution in [3.8, 4) is 0 Å². The Balaban J connectivity index is 1.81. The number of aromatic nitrogens is 2. The third-order valence-electron chi connectivity index (χ3n) is 4.03. The lowest BCUT2D eigenvalue weighted by Gasteiger charge is -2.08. The van der Waals surface area contributed by atoms with Gasteiger partial charge in [0.1, 0.15) is 5.82 Å². The van der Waals surface area contributed by atoms with Gasteiger partial charge in [-0.1, -0.05) is 12.1 Å². The first-order valence-corrected chi connectivity index (χ1v) is 8.04. The predicted octanol–water partition coefficient (Wildman–Crippen LogP) is 3.70. The summed E-state index contributed by atoms with van der Waals surface area (Å²) >= 11 is 3.32. The molecule has 3 nitrogen and oxygen atoms in total. The van der Waals surface area contributed by atoms with Crippen LogP contribution in [0, 0.1) is 19.7 Å². The van der Waals surface area contributed by atoms with Crippen molar-refractivity contribution in [1.82, 2.24) is 15.1 Å². The van der Waals surface area contributed by atoms with E-state index in [1.165, 1.54) is 24.5 Å². The van der Waals surface area contributed by atoms with Crippen LogP contribution in [0.2, 0.25) is 0 Å². The summed E-state index contributed by atoms with van der Waals surface area (Å²) in [5.41, 5.74) is 4.36. The van der Waals surface area contributed by atoms with Gasteiger partial charge in [-0.2, -0.15) is 5.10 Å². The summed E-state index contributed by atoms with van der Waals surface area (Å²) in [5.74, 6) is -0.232. The maximum absolute atomic E-state index is 13.6. The number of nitrogens with zero attached hydrogens (tertiary/aromatic N) is 2. The molecule has 112 valence electrons. The molecule has 1 fully saturated rings. The third-order valence-corrected chi connectivity index (χ3v) is 4.92. The maximum atomic E-state index is 13.6. The fraction of sp³-hybridized carbons (Fsp3) is 0.438. The predicted molar refractivity (Wildman–Crippen MR) is 84.8 cm³/mol. The van der Waals surface area contributed by atoms with Gasteiger partial charge in [-0.25, -0.2) is 4.39 Å². The Morgan fingerprint density at radius 1 is 1.38 bits per heavy atom. The topological polar surface area (TPSA) is 29.9 Å². The lowest BCUT2D eigenvalue weighted by molar-refractivity contribution is 0.607. The van der Waals surface area contributed by atoms with Crippen molar-refractivity contribution in [2.75, 3.05) is 0 Å². The van der Waals surface area contributed by atoms with Crippen LogP contribution in [0.3, 0.4) is 0 Å². The zero-order valence-electron chi connectivity index (χ0n) is 12.3. The van der Waals surface area contributed by atoms with Gasteiger partial charge in [-0.15, -0.1) is 0 Å². The van der Waals surface area contributed by atoms with Gasteiger partial charge >= 0.3 is 0 Å². The Kier molecular flexibility index (Phi) is 4.13. The van der Waals surface area contributed by atoms with Gasteiger partial charge < -0.3 is 5.32 Å². The minimum absolute atomic E-state index is 0.232. The molecule has 1 aromatic heterocycles. The van der Waals surface area contributed by atoms with Crippen molar-refractivity contribution in [2.24, 2.45) is 0 Å². The standard InChI is InChI=1S/C16H19BrFN3/c1-10-14(8-19-13-6-7-13)11(2)21(20-10)9-12-4-3-5-15(18)16(12)17/h3-5,13,19H,6-9H2,1-2H3. The molecule has 1 aliphatic rings. The molecular weight excluding hydrogens is 333 g/mol.